The van der Waals surface area contributed by atoms with E-state index in [1.807, 2.05) is 0 Å². The van der Waals surface area contributed by atoms with E-state index in [2.05, 4.69) is 51.3 Å². The molecular weight excluding hydrogens is 1190 g/mol. The Kier molecular flexibility index (Phi) is 92.3. The molecular formula is C88H176CaN2O4. The number of nitrogens with zero attached hydrogens (tertiary/aromatic N) is 2. The van der Waals surface area contributed by atoms with Crippen molar-refractivity contribution < 1.29 is 19.8 Å². The van der Waals surface area contributed by atoms with Gasteiger partial charge in [0.05, 0.1) is 11.9 Å². The maximum absolute atomic E-state index is 12.1. The third-order valence-corrected chi connectivity index (χ3v) is 21.3. The number of aliphatic carboxylic acids is 2. The number of carboxylic acids is 2. The van der Waals surface area contributed by atoms with Crippen molar-refractivity contribution in [3.63, 3.8) is 0 Å². The average molecular weight is 1370 g/mol. The van der Waals surface area contributed by atoms with Gasteiger partial charge in [-0.2, -0.15) is 0 Å². The smallest absolute Gasteiger partial charge is 0.548 e. The maximum atomic E-state index is 12.1. The normalized spacial score (nSPS) is 12.2. The molecule has 0 radical (unpaired) electrons. The van der Waals surface area contributed by atoms with Crippen LogP contribution in [0.1, 0.15) is 517 Å². The van der Waals surface area contributed by atoms with Crippen LogP contribution in [0.15, 0.2) is 0 Å². The van der Waals surface area contributed by atoms with Crippen molar-refractivity contribution in [2.75, 3.05) is 26.2 Å². The molecule has 0 aliphatic carbocycles. The molecule has 0 aliphatic heterocycles. The summed E-state index contributed by atoms with van der Waals surface area (Å²) in [6.45, 7) is 17.2. The Labute approximate surface area is 629 Å². The van der Waals surface area contributed by atoms with Crippen molar-refractivity contribution in [2.24, 2.45) is 0 Å². The Hall–Kier alpha value is 0.120. The maximum Gasteiger partial charge on any atom is 2.00 e. The summed E-state index contributed by atoms with van der Waals surface area (Å²) in [5.41, 5.74) is 0. The number of unbranched alkanes of at least 4 members (excludes halogenated alkanes) is 66. The van der Waals surface area contributed by atoms with Crippen molar-refractivity contribution in [2.45, 2.75) is 529 Å². The Morgan fingerprint density at radius 2 is 0.295 bits per heavy atom. The third kappa shape index (κ3) is 79.7. The van der Waals surface area contributed by atoms with Crippen LogP contribution in [0.3, 0.4) is 0 Å². The number of carboxylic acid groups (broad SMARTS) is 2. The summed E-state index contributed by atoms with van der Waals surface area (Å²) in [6, 6.07) is -0.783. The molecule has 6 nitrogen and oxygen atoms in total. The quantitative estimate of drug-likeness (QED) is 0.0445. The standard InChI is InChI=1S/2C44H89NO2.Ca/c2*1-4-7-10-12-14-16-18-20-22-24-26-28-30-32-34-36-38-41-45(43(44(46)47)40-9-6-3)42-39-37-35-33-31-29-27-25-23-21-19-17-15-13-11-8-5-2;/h2*43H,4-42H2,1-3H3,(H,46,47);/q;;+2/p-2. The fraction of sp³-hybridized carbons (Fsp3) is 0.977. The Bertz CT molecular complexity index is 1220. The second-order valence-electron chi connectivity index (χ2n) is 30.7. The zero-order valence-corrected chi connectivity index (χ0v) is 68.8. The van der Waals surface area contributed by atoms with Crippen LogP contribution in [0.4, 0.5) is 0 Å². The van der Waals surface area contributed by atoms with Crippen molar-refractivity contribution in [1.82, 2.24) is 9.80 Å². The van der Waals surface area contributed by atoms with Gasteiger partial charge >= 0.3 is 37.7 Å². The van der Waals surface area contributed by atoms with Gasteiger partial charge in [-0.3, -0.25) is 9.80 Å². The van der Waals surface area contributed by atoms with Crippen LogP contribution in [0.25, 0.3) is 0 Å². The molecule has 0 aromatic carbocycles. The van der Waals surface area contributed by atoms with Gasteiger partial charge in [-0.05, 0) is 64.7 Å². The van der Waals surface area contributed by atoms with Crippen LogP contribution in [0, 0.1) is 0 Å². The van der Waals surface area contributed by atoms with Crippen LogP contribution in [-0.4, -0.2) is 97.7 Å². The van der Waals surface area contributed by atoms with Crippen molar-refractivity contribution in [3.05, 3.63) is 0 Å². The first-order valence-corrected chi connectivity index (χ1v) is 44.2. The summed E-state index contributed by atoms with van der Waals surface area (Å²) in [5.74, 6) is -1.70. The molecule has 0 spiro atoms. The number of hydrogen-bond acceptors (Lipinski definition) is 6. The molecule has 2 atom stereocenters. The van der Waals surface area contributed by atoms with Crippen LogP contribution in [0.5, 0.6) is 0 Å². The van der Waals surface area contributed by atoms with Gasteiger partial charge in [0, 0.05) is 12.1 Å². The molecule has 0 fully saturated rings. The monoisotopic (exact) mass is 1370 g/mol. The van der Waals surface area contributed by atoms with E-state index in [1.165, 1.54) is 411 Å². The molecule has 0 saturated heterocycles. The fourth-order valence-corrected chi connectivity index (χ4v) is 14.7. The van der Waals surface area contributed by atoms with Gasteiger partial charge in [-0.25, -0.2) is 0 Å². The van der Waals surface area contributed by atoms with Crippen molar-refractivity contribution in [1.29, 1.82) is 0 Å². The molecule has 0 aliphatic rings. The van der Waals surface area contributed by atoms with Gasteiger partial charge in [0.15, 0.2) is 0 Å². The van der Waals surface area contributed by atoms with Gasteiger partial charge in [0.25, 0.3) is 0 Å². The molecule has 0 saturated carbocycles. The van der Waals surface area contributed by atoms with E-state index >= 15 is 0 Å². The minimum absolute atomic E-state index is 0. The minimum Gasteiger partial charge on any atom is -0.548 e. The molecule has 0 aromatic heterocycles. The fourth-order valence-electron chi connectivity index (χ4n) is 14.7. The van der Waals surface area contributed by atoms with Gasteiger partial charge < -0.3 is 19.8 Å². The Morgan fingerprint density at radius 3 is 0.400 bits per heavy atom. The van der Waals surface area contributed by atoms with E-state index in [0.29, 0.717) is 0 Å². The van der Waals surface area contributed by atoms with E-state index in [4.69, 9.17) is 0 Å². The molecule has 2 unspecified atom stereocenters. The third-order valence-electron chi connectivity index (χ3n) is 21.3. The zero-order valence-electron chi connectivity index (χ0n) is 66.5. The molecule has 564 valence electrons. The first-order chi connectivity index (χ1) is 46.3. The zero-order chi connectivity index (χ0) is 68.6. The molecule has 0 N–H and O–H groups in total. The van der Waals surface area contributed by atoms with Gasteiger partial charge in [-0.1, -0.05) is 478 Å². The van der Waals surface area contributed by atoms with Crippen LogP contribution in [0.2, 0.25) is 0 Å². The molecule has 0 aromatic rings. The summed E-state index contributed by atoms with van der Waals surface area (Å²) in [7, 11) is 0. The average Bonchev–Trinajstić information content (AvgIpc) is 2.87. The van der Waals surface area contributed by atoms with E-state index in [-0.39, 0.29) is 37.7 Å². The largest absolute Gasteiger partial charge is 2.00 e. The molecule has 0 rings (SSSR count). The summed E-state index contributed by atoms with van der Waals surface area (Å²) in [5, 5.41) is 24.1. The van der Waals surface area contributed by atoms with E-state index in [9.17, 15) is 19.8 Å². The molecule has 0 bridgehead atoms. The number of rotatable bonds is 82. The summed E-state index contributed by atoms with van der Waals surface area (Å²) < 4.78 is 0. The number of carbonyl (C=O) groups is 2. The van der Waals surface area contributed by atoms with Gasteiger partial charge in [0.2, 0.25) is 0 Å². The van der Waals surface area contributed by atoms with Gasteiger partial charge in [-0.15, -0.1) is 0 Å². The minimum atomic E-state index is -0.850. The van der Waals surface area contributed by atoms with Crippen LogP contribution >= 0.6 is 0 Å². The Balaban J connectivity index is -0.00000176. The molecule has 0 heterocycles. The topological polar surface area (TPSA) is 86.7 Å². The SMILES string of the molecule is CCCCCCCCCCCCCCCCCCCN(CCCCCCCCCCCCCCCCCCC)C(CCCC)C(=O)[O-].CCCCCCCCCCCCCCCCCCCN(CCCCCCCCCCCCCCCCCCC)C(CCCC)C(=O)[O-].[Ca+2]. The Morgan fingerprint density at radius 1 is 0.189 bits per heavy atom. The number of carbonyl (C=O) groups excluding carboxylic acids is 2. The number of hydrogen-bond donors (Lipinski definition) is 0. The summed E-state index contributed by atoms with van der Waals surface area (Å²) in [6.07, 6.45) is 99.5. The van der Waals surface area contributed by atoms with E-state index in [1.54, 1.807) is 0 Å². The predicted octanol–water partition coefficient (Wildman–Crippen LogP) is 27.4. The first-order valence-electron chi connectivity index (χ1n) is 44.2. The molecule has 7 heteroatoms. The van der Waals surface area contributed by atoms with Crippen molar-refractivity contribution >= 4 is 49.7 Å². The van der Waals surface area contributed by atoms with E-state index in [0.717, 1.165) is 90.4 Å². The van der Waals surface area contributed by atoms with Crippen LogP contribution in [-0.2, 0) is 9.59 Å². The second kappa shape index (κ2) is 88.3. The van der Waals surface area contributed by atoms with Crippen LogP contribution < -0.4 is 10.2 Å². The first kappa shape index (κ1) is 99.3. The van der Waals surface area contributed by atoms with Gasteiger partial charge in [0.1, 0.15) is 0 Å². The molecule has 0 amide bonds. The second-order valence-corrected chi connectivity index (χ2v) is 30.7. The molecule has 95 heavy (non-hydrogen) atoms. The van der Waals surface area contributed by atoms with E-state index < -0.39 is 24.0 Å². The van der Waals surface area contributed by atoms with Crippen molar-refractivity contribution in [3.8, 4) is 0 Å². The summed E-state index contributed by atoms with van der Waals surface area (Å²) >= 11 is 0. The predicted molar refractivity (Wildman–Crippen MR) is 422 cm³/mol. The summed E-state index contributed by atoms with van der Waals surface area (Å²) in [4.78, 5) is 28.7.